The number of sulfone groups is 1. The molecule has 0 unspecified atom stereocenters. The zero-order valence-corrected chi connectivity index (χ0v) is 26.7. The second-order valence-electron chi connectivity index (χ2n) is 10.9. The molecule has 1 N–H and O–H groups in total. The number of anilines is 2. The summed E-state index contributed by atoms with van der Waals surface area (Å²) in [6, 6.07) is 28.9. The van der Waals surface area contributed by atoms with Crippen LogP contribution in [-0.4, -0.2) is 33.6 Å². The van der Waals surface area contributed by atoms with Gasteiger partial charge in [-0.25, -0.2) is 13.2 Å². The summed E-state index contributed by atoms with van der Waals surface area (Å²) in [7, 11) is -0.529. The molecule has 0 saturated heterocycles. The molecule has 8 heteroatoms. The summed E-state index contributed by atoms with van der Waals surface area (Å²) in [6.07, 6.45) is 1.04. The van der Waals surface area contributed by atoms with Crippen LogP contribution in [0.15, 0.2) is 107 Å². The summed E-state index contributed by atoms with van der Waals surface area (Å²) in [5.74, 6) is 1.11. The number of hydrogen-bond acceptors (Lipinski definition) is 7. The number of fused-ring (bicyclic) bond motifs is 1. The van der Waals surface area contributed by atoms with Crippen LogP contribution in [0.4, 0.5) is 11.4 Å². The summed E-state index contributed by atoms with van der Waals surface area (Å²) in [4.78, 5) is 16.2. The Hall–Kier alpha value is -4.69. The van der Waals surface area contributed by atoms with Crippen LogP contribution in [0.5, 0.6) is 5.75 Å². The van der Waals surface area contributed by atoms with Gasteiger partial charge in [0.25, 0.3) is 0 Å². The fourth-order valence-corrected chi connectivity index (χ4v) is 5.92. The highest BCUT2D eigenvalue weighted by atomic mass is 32.2. The van der Waals surface area contributed by atoms with Crippen LogP contribution >= 0.6 is 0 Å². The molecule has 0 bridgehead atoms. The Kier molecular flexibility index (Phi) is 10.4. The van der Waals surface area contributed by atoms with Gasteiger partial charge in [0.05, 0.1) is 35.1 Å². The first kappa shape index (κ1) is 32.2. The highest BCUT2D eigenvalue weighted by Gasteiger charge is 2.17. The van der Waals surface area contributed by atoms with Gasteiger partial charge in [-0.1, -0.05) is 43.7 Å². The molecule has 0 aliphatic carbocycles. The number of carbonyl (C=O) groups is 1. The van der Waals surface area contributed by atoms with Gasteiger partial charge >= 0.3 is 5.97 Å². The third-order valence-corrected chi connectivity index (χ3v) is 8.72. The zero-order valence-electron chi connectivity index (χ0n) is 25.9. The van der Waals surface area contributed by atoms with Gasteiger partial charge in [0.1, 0.15) is 5.75 Å². The molecule has 0 radical (unpaired) electrons. The van der Waals surface area contributed by atoms with Crippen LogP contribution in [0.25, 0.3) is 10.9 Å². The maximum absolute atomic E-state index is 12.9. The first-order chi connectivity index (χ1) is 21.0. The quantitative estimate of drug-likeness (QED) is 0.177. The number of ether oxygens (including phenoxy) is 2. The molecule has 1 heterocycles. The van der Waals surface area contributed by atoms with Gasteiger partial charge in [-0.3, -0.25) is 4.98 Å². The minimum Gasteiger partial charge on any atom is -0.497 e. The molecule has 0 atom stereocenters. The Morgan fingerprint density at radius 2 is 1.43 bits per heavy atom. The molecule has 1 aromatic heterocycles. The van der Waals surface area contributed by atoms with Crippen LogP contribution in [0.1, 0.15) is 41.0 Å². The molecule has 5 rings (SSSR count). The lowest BCUT2D eigenvalue weighted by atomic mass is 10.0. The van der Waals surface area contributed by atoms with E-state index in [2.05, 4.69) is 28.9 Å². The van der Waals surface area contributed by atoms with E-state index >= 15 is 0 Å². The number of aryl methyl sites for hydroxylation is 2. The second-order valence-corrected chi connectivity index (χ2v) is 12.9. The normalized spacial score (nSPS) is 11.1. The summed E-state index contributed by atoms with van der Waals surface area (Å²) >= 11 is 0. The first-order valence-corrected chi connectivity index (χ1v) is 15.8. The summed E-state index contributed by atoms with van der Waals surface area (Å²) < 4.78 is 35.7. The van der Waals surface area contributed by atoms with Crippen molar-refractivity contribution in [3.63, 3.8) is 0 Å². The summed E-state index contributed by atoms with van der Waals surface area (Å²) in [6.45, 7) is 8.21. The van der Waals surface area contributed by atoms with Gasteiger partial charge in [-0.05, 0) is 105 Å². The molecule has 7 nitrogen and oxygen atoms in total. The molecule has 0 aliphatic heterocycles. The Labute approximate surface area is 259 Å². The molecular weight excluding hydrogens is 572 g/mol. The fraction of sp³-hybridized carbons (Fsp3) is 0.222. The lowest BCUT2D eigenvalue weighted by Gasteiger charge is -2.13. The van der Waals surface area contributed by atoms with Crippen LogP contribution < -0.4 is 10.1 Å². The van der Waals surface area contributed by atoms with E-state index in [-0.39, 0.29) is 15.8 Å². The minimum absolute atomic E-state index is 0.259. The van der Waals surface area contributed by atoms with Crippen molar-refractivity contribution in [1.82, 2.24) is 4.98 Å². The average Bonchev–Trinajstić information content (AvgIpc) is 3.01. The van der Waals surface area contributed by atoms with Crippen LogP contribution in [-0.2, 0) is 21.0 Å². The molecule has 228 valence electrons. The molecule has 4 aromatic carbocycles. The molecule has 0 fully saturated rings. The monoisotopic (exact) mass is 610 g/mol. The van der Waals surface area contributed by atoms with Crippen molar-refractivity contribution >= 4 is 38.1 Å². The van der Waals surface area contributed by atoms with Gasteiger partial charge in [0.2, 0.25) is 9.84 Å². The average molecular weight is 611 g/mol. The Morgan fingerprint density at radius 3 is 2.00 bits per heavy atom. The minimum atomic E-state index is -3.55. The van der Waals surface area contributed by atoms with Crippen LogP contribution in [0.2, 0.25) is 0 Å². The van der Waals surface area contributed by atoms with Gasteiger partial charge in [0, 0.05) is 22.5 Å². The Balaban J connectivity index is 0.000000265. The topological polar surface area (TPSA) is 94.6 Å². The van der Waals surface area contributed by atoms with Crippen molar-refractivity contribution < 1.29 is 22.7 Å². The lowest BCUT2D eigenvalue weighted by molar-refractivity contribution is 0.0600. The molecule has 0 saturated carbocycles. The third kappa shape index (κ3) is 8.02. The van der Waals surface area contributed by atoms with Crippen molar-refractivity contribution in [2.24, 2.45) is 5.92 Å². The van der Waals surface area contributed by atoms with Crippen molar-refractivity contribution in [3.05, 3.63) is 119 Å². The number of nitrogens with one attached hydrogen (secondary N) is 1. The number of carbonyl (C=O) groups excluding carboxylic acids is 1. The maximum Gasteiger partial charge on any atom is 0.337 e. The summed E-state index contributed by atoms with van der Waals surface area (Å²) in [5.41, 5.74) is 6.29. The van der Waals surface area contributed by atoms with E-state index in [4.69, 9.17) is 4.74 Å². The molecule has 0 spiro atoms. The van der Waals surface area contributed by atoms with Crippen molar-refractivity contribution in [2.45, 2.75) is 43.9 Å². The first-order valence-electron chi connectivity index (χ1n) is 14.3. The molecule has 0 aliphatic rings. The Morgan fingerprint density at radius 1 is 0.818 bits per heavy atom. The fourth-order valence-electron chi connectivity index (χ4n) is 4.66. The van der Waals surface area contributed by atoms with Crippen molar-refractivity contribution in [2.75, 3.05) is 19.5 Å². The van der Waals surface area contributed by atoms with E-state index < -0.39 is 9.84 Å². The maximum atomic E-state index is 12.9. The van der Waals surface area contributed by atoms with Crippen molar-refractivity contribution in [3.8, 4) is 5.75 Å². The Bertz CT molecular complexity index is 1830. The van der Waals surface area contributed by atoms with Crippen molar-refractivity contribution in [1.29, 1.82) is 0 Å². The van der Waals surface area contributed by atoms with Gasteiger partial charge in [0.15, 0.2) is 0 Å². The molecule has 0 amide bonds. The van der Waals surface area contributed by atoms with E-state index in [1.807, 2.05) is 62.4 Å². The number of methoxy groups -OCH3 is 2. The van der Waals surface area contributed by atoms with Gasteiger partial charge in [-0.2, -0.15) is 0 Å². The van der Waals surface area contributed by atoms with E-state index in [1.165, 1.54) is 12.7 Å². The standard InChI is InChI=1S/C24H22N2O3S.C12H16O2/c1-16-4-9-20(10-5-16)30(27,28)21-11-6-18(7-12-21)26-24-14-17(2)25-23-13-8-19(29-3)15-22(23)24;1-9(2)8-10-4-6-11(7-5-10)12(13)14-3/h4-15H,1-3H3,(H,25,26);4-7,9H,8H2,1-3H3. The number of nitrogens with zero attached hydrogens (tertiary/aromatic N) is 1. The highest BCUT2D eigenvalue weighted by molar-refractivity contribution is 7.91. The zero-order chi connectivity index (χ0) is 31.9. The van der Waals surface area contributed by atoms with Crippen LogP contribution in [0.3, 0.4) is 0 Å². The molecular formula is C36H38N2O5S. The number of hydrogen-bond donors (Lipinski definition) is 1. The summed E-state index contributed by atoms with van der Waals surface area (Å²) in [5, 5.41) is 4.30. The molecule has 5 aromatic rings. The predicted octanol–water partition coefficient (Wildman–Crippen LogP) is 8.11. The number of esters is 1. The van der Waals surface area contributed by atoms with E-state index in [1.54, 1.807) is 55.6 Å². The highest BCUT2D eigenvalue weighted by Crippen LogP contribution is 2.30. The smallest absolute Gasteiger partial charge is 0.337 e. The molecule has 44 heavy (non-hydrogen) atoms. The van der Waals surface area contributed by atoms with E-state index in [0.29, 0.717) is 11.5 Å². The third-order valence-electron chi connectivity index (χ3n) is 6.94. The number of benzene rings is 4. The lowest BCUT2D eigenvalue weighted by Crippen LogP contribution is -2.02. The second kappa shape index (κ2) is 14.2. The number of aromatic nitrogens is 1. The predicted molar refractivity (Wildman–Crippen MR) is 176 cm³/mol. The van der Waals surface area contributed by atoms with E-state index in [0.717, 1.165) is 45.7 Å². The number of rotatable bonds is 8. The largest absolute Gasteiger partial charge is 0.497 e. The van der Waals surface area contributed by atoms with Gasteiger partial charge in [-0.15, -0.1) is 0 Å². The number of pyridine rings is 1. The van der Waals surface area contributed by atoms with E-state index in [9.17, 15) is 13.2 Å². The van der Waals surface area contributed by atoms with Gasteiger partial charge < -0.3 is 14.8 Å². The van der Waals surface area contributed by atoms with Crippen LogP contribution in [0, 0.1) is 19.8 Å². The SMILES string of the molecule is COC(=O)c1ccc(CC(C)C)cc1.COc1ccc2nc(C)cc(Nc3ccc(S(=O)(=O)c4ccc(C)cc4)cc3)c2c1.